The Balaban J connectivity index is 0. The smallest absolute Gasteiger partial charge is 0.322 e. The molecular weight excluding hydrogens is 279 g/mol. The second-order valence-electron chi connectivity index (χ2n) is 3.46. The van der Waals surface area contributed by atoms with Gasteiger partial charge in [-0.2, -0.15) is 30.7 Å². The molecule has 1 nitrogen and oxygen atoms in total. The summed E-state index contributed by atoms with van der Waals surface area (Å²) in [6.45, 7) is 4.31. The van der Waals surface area contributed by atoms with Crippen molar-refractivity contribution in [3.05, 3.63) is 12.2 Å². The lowest BCUT2D eigenvalue weighted by Gasteiger charge is -2.32. The summed E-state index contributed by atoms with van der Waals surface area (Å²) >= 11 is 0. The van der Waals surface area contributed by atoms with E-state index in [9.17, 15) is 30.7 Å². The van der Waals surface area contributed by atoms with Gasteiger partial charge in [-0.3, -0.25) is 0 Å². The van der Waals surface area contributed by atoms with Crippen LogP contribution in [-0.4, -0.2) is 24.1 Å². The fraction of sp³-hybridized carbons (Fsp3) is 0.750. The van der Waals surface area contributed by atoms with Crippen molar-refractivity contribution in [2.45, 2.75) is 37.4 Å². The molecule has 17 heavy (non-hydrogen) atoms. The molecule has 0 bridgehead atoms. The van der Waals surface area contributed by atoms with Crippen LogP contribution in [0.1, 0.15) is 13.3 Å². The van der Waals surface area contributed by atoms with Crippen molar-refractivity contribution in [3.8, 4) is 0 Å². The van der Waals surface area contributed by atoms with Crippen LogP contribution in [0.15, 0.2) is 12.2 Å². The first kappa shape index (κ1) is 18.9. The highest BCUT2D eigenvalue weighted by atomic mass is 35.5. The van der Waals surface area contributed by atoms with Gasteiger partial charge in [0.2, 0.25) is 0 Å². The minimum absolute atomic E-state index is 0. The van der Waals surface area contributed by atoms with Gasteiger partial charge in [0.15, 0.2) is 0 Å². The summed E-state index contributed by atoms with van der Waals surface area (Å²) in [7, 11) is 0. The van der Waals surface area contributed by atoms with Gasteiger partial charge in [-0.25, -0.2) is 0 Å². The normalized spacial score (nSPS) is 15.1. The third-order valence-corrected chi connectivity index (χ3v) is 1.81. The van der Waals surface area contributed by atoms with Crippen LogP contribution in [0.3, 0.4) is 0 Å². The van der Waals surface area contributed by atoms with E-state index >= 15 is 0 Å². The van der Waals surface area contributed by atoms with Crippen molar-refractivity contribution in [1.82, 2.24) is 0 Å². The van der Waals surface area contributed by atoms with Gasteiger partial charge in [0, 0.05) is 0 Å². The van der Waals surface area contributed by atoms with Crippen molar-refractivity contribution in [2.24, 2.45) is 5.73 Å². The first-order valence-corrected chi connectivity index (χ1v) is 4.06. The van der Waals surface area contributed by atoms with Crippen LogP contribution in [0.25, 0.3) is 0 Å². The Morgan fingerprint density at radius 2 is 1.47 bits per heavy atom. The fourth-order valence-electron chi connectivity index (χ4n) is 0.925. The van der Waals surface area contributed by atoms with Crippen LogP contribution in [0.2, 0.25) is 0 Å². The van der Waals surface area contributed by atoms with Gasteiger partial charge in [0.1, 0.15) is 0 Å². The minimum atomic E-state index is -6.34. The number of rotatable bonds is 4. The lowest BCUT2D eigenvalue weighted by molar-refractivity contribution is -0.358. The second-order valence-corrected chi connectivity index (χ2v) is 3.46. The van der Waals surface area contributed by atoms with Gasteiger partial charge >= 0.3 is 18.0 Å². The molecule has 2 N–H and O–H groups in total. The summed E-state index contributed by atoms with van der Waals surface area (Å²) < 4.78 is 85.6. The van der Waals surface area contributed by atoms with Crippen molar-refractivity contribution in [2.75, 3.05) is 0 Å². The number of halogens is 8. The molecule has 0 aromatic carbocycles. The molecule has 0 saturated carbocycles. The van der Waals surface area contributed by atoms with Gasteiger partial charge in [0.05, 0.1) is 6.04 Å². The molecular formula is C8H11ClF7N. The predicted molar refractivity (Wildman–Crippen MR) is 50.6 cm³/mol. The van der Waals surface area contributed by atoms with Gasteiger partial charge < -0.3 is 5.73 Å². The first-order valence-electron chi connectivity index (χ1n) is 4.06. The van der Waals surface area contributed by atoms with Crippen molar-refractivity contribution >= 4 is 12.4 Å². The van der Waals surface area contributed by atoms with Crippen LogP contribution in [0.5, 0.6) is 0 Å². The van der Waals surface area contributed by atoms with Gasteiger partial charge in [0.25, 0.3) is 0 Å². The van der Waals surface area contributed by atoms with Gasteiger partial charge in [-0.1, -0.05) is 5.57 Å². The summed E-state index contributed by atoms with van der Waals surface area (Å²) in [6, 6.07) is -2.64. The molecule has 0 aromatic heterocycles. The van der Waals surface area contributed by atoms with E-state index in [2.05, 4.69) is 12.3 Å². The average molecular weight is 290 g/mol. The van der Waals surface area contributed by atoms with Gasteiger partial charge in [-0.15, -0.1) is 19.0 Å². The number of alkyl halides is 7. The van der Waals surface area contributed by atoms with E-state index in [1.54, 1.807) is 0 Å². The molecule has 0 heterocycles. The zero-order chi connectivity index (χ0) is 13.4. The molecule has 0 rings (SSSR count). The predicted octanol–water partition coefficient (Wildman–Crippen LogP) is 3.53. The quantitative estimate of drug-likeness (QED) is 0.622. The summed E-state index contributed by atoms with van der Waals surface area (Å²) in [4.78, 5) is 0. The van der Waals surface area contributed by atoms with E-state index in [1.807, 2.05) is 0 Å². The van der Waals surface area contributed by atoms with E-state index in [0.717, 1.165) is 0 Å². The van der Waals surface area contributed by atoms with E-state index in [-0.39, 0.29) is 18.0 Å². The Bertz CT molecular complexity index is 274. The Hall–Kier alpha value is -0.500. The van der Waals surface area contributed by atoms with Gasteiger partial charge in [-0.05, 0) is 13.3 Å². The largest absolute Gasteiger partial charge is 0.459 e. The Labute approximate surface area is 99.3 Å². The molecule has 0 aliphatic carbocycles. The maximum Gasteiger partial charge on any atom is 0.459 e. The standard InChI is InChI=1S/C8H10F7N.ClH/c1-4(2)3-5(16)6(9,10)7(11,12)8(13,14)15;/h5H,1,3,16H2,2H3;1H/t5-;/m0./s1. The van der Waals surface area contributed by atoms with E-state index < -0.39 is 30.5 Å². The minimum Gasteiger partial charge on any atom is -0.322 e. The van der Waals surface area contributed by atoms with E-state index in [1.165, 1.54) is 6.92 Å². The first-order chi connectivity index (χ1) is 6.84. The number of nitrogens with two attached hydrogens (primary N) is 1. The van der Waals surface area contributed by atoms with Crippen LogP contribution in [0, 0.1) is 0 Å². The molecule has 9 heteroatoms. The lowest BCUT2D eigenvalue weighted by atomic mass is 9.98. The zero-order valence-corrected chi connectivity index (χ0v) is 9.44. The number of hydrogen-bond acceptors (Lipinski definition) is 1. The number of hydrogen-bond donors (Lipinski definition) is 1. The van der Waals surface area contributed by atoms with Crippen molar-refractivity contribution in [3.63, 3.8) is 0 Å². The Morgan fingerprint density at radius 3 is 1.71 bits per heavy atom. The van der Waals surface area contributed by atoms with Crippen LogP contribution in [-0.2, 0) is 0 Å². The topological polar surface area (TPSA) is 26.0 Å². The third kappa shape index (κ3) is 3.74. The average Bonchev–Trinajstić information content (AvgIpc) is 2.00. The summed E-state index contributed by atoms with van der Waals surface area (Å²) in [5, 5.41) is 0. The molecule has 1 atom stereocenters. The zero-order valence-electron chi connectivity index (χ0n) is 8.62. The highest BCUT2D eigenvalue weighted by molar-refractivity contribution is 5.85. The summed E-state index contributed by atoms with van der Waals surface area (Å²) in [5.41, 5.74) is 4.64. The molecule has 0 saturated heterocycles. The molecule has 0 spiro atoms. The molecule has 104 valence electrons. The maximum atomic E-state index is 12.8. The highest BCUT2D eigenvalue weighted by Crippen LogP contribution is 2.48. The van der Waals surface area contributed by atoms with Crippen molar-refractivity contribution < 1.29 is 30.7 Å². The summed E-state index contributed by atoms with van der Waals surface area (Å²) in [5.74, 6) is -11.5. The van der Waals surface area contributed by atoms with Crippen LogP contribution in [0.4, 0.5) is 30.7 Å². The molecule has 0 unspecified atom stereocenters. The SMILES string of the molecule is C=C(C)C[C@H](N)C(F)(F)C(F)(F)C(F)(F)F.Cl. The second kappa shape index (κ2) is 5.43. The lowest BCUT2D eigenvalue weighted by Crippen LogP contribution is -2.60. The van der Waals surface area contributed by atoms with E-state index in [4.69, 9.17) is 0 Å². The molecule has 0 radical (unpaired) electrons. The van der Waals surface area contributed by atoms with Crippen LogP contribution >= 0.6 is 12.4 Å². The third-order valence-electron chi connectivity index (χ3n) is 1.81. The molecule has 0 amide bonds. The van der Waals surface area contributed by atoms with E-state index in [0.29, 0.717) is 0 Å². The van der Waals surface area contributed by atoms with Crippen molar-refractivity contribution in [1.29, 1.82) is 0 Å². The Morgan fingerprint density at radius 1 is 1.12 bits per heavy atom. The molecule has 0 aromatic rings. The van der Waals surface area contributed by atoms with Crippen LogP contribution < -0.4 is 5.73 Å². The molecule has 0 aliphatic heterocycles. The molecule has 0 aliphatic rings. The summed E-state index contributed by atoms with van der Waals surface area (Å²) in [6.07, 6.45) is -7.16. The Kier molecular flexibility index (Phi) is 6.02. The monoisotopic (exact) mass is 289 g/mol. The highest BCUT2D eigenvalue weighted by Gasteiger charge is 2.74. The fourth-order valence-corrected chi connectivity index (χ4v) is 0.925. The molecule has 0 fully saturated rings. The maximum absolute atomic E-state index is 12.8.